The normalized spacial score (nSPS) is 15.6. The van der Waals surface area contributed by atoms with Gasteiger partial charge in [-0.05, 0) is 0 Å². The molecule has 0 aromatic rings. The molecular formula is C7H5F4NO. The number of allylic oxidation sites excluding steroid dienone is 1. The third kappa shape index (κ3) is 1.86. The summed E-state index contributed by atoms with van der Waals surface area (Å²) >= 11 is 0. The Labute approximate surface area is 71.5 Å². The topological polar surface area (TPSA) is 40.9 Å². The fourth-order valence-corrected chi connectivity index (χ4v) is 0.677. The molecule has 0 rings (SSSR count). The Balaban J connectivity index is 5.26. The molecule has 2 nitrogen and oxygen atoms in total. The molecule has 0 saturated heterocycles. The van der Waals surface area contributed by atoms with Gasteiger partial charge in [-0.15, -0.1) is 6.58 Å². The number of alkyl halides is 3. The number of hydrogen-bond donors (Lipinski definition) is 0. The van der Waals surface area contributed by atoms with Crippen molar-refractivity contribution in [1.82, 2.24) is 0 Å². The van der Waals surface area contributed by atoms with Gasteiger partial charge in [0.1, 0.15) is 0 Å². The summed E-state index contributed by atoms with van der Waals surface area (Å²) in [6.07, 6.45) is -5.63. The number of nitrogens with zero attached hydrogens (tertiary/aromatic N) is 1. The van der Waals surface area contributed by atoms with Crippen LogP contribution in [0.15, 0.2) is 12.7 Å². The van der Waals surface area contributed by atoms with Crippen molar-refractivity contribution in [2.24, 2.45) is 5.41 Å². The van der Waals surface area contributed by atoms with Gasteiger partial charge in [0.05, 0.1) is 6.07 Å². The molecule has 0 N–H and O–H groups in total. The van der Waals surface area contributed by atoms with Gasteiger partial charge in [-0.25, -0.2) is 0 Å². The van der Waals surface area contributed by atoms with Crippen LogP contribution in [0.25, 0.3) is 0 Å². The minimum absolute atomic E-state index is 0.635. The summed E-state index contributed by atoms with van der Waals surface area (Å²) < 4.78 is 48.3. The predicted octanol–water partition coefficient (Wildman–Crippen LogP) is 2.13. The smallest absolute Gasteiger partial charge is 0.259 e. The fourth-order valence-electron chi connectivity index (χ4n) is 0.677. The van der Waals surface area contributed by atoms with Gasteiger partial charge >= 0.3 is 12.2 Å². The van der Waals surface area contributed by atoms with Gasteiger partial charge in [-0.3, -0.25) is 4.79 Å². The average molecular weight is 195 g/mol. The fraction of sp³-hybridized carbons (Fsp3) is 0.429. The molecule has 6 heteroatoms. The van der Waals surface area contributed by atoms with Crippen molar-refractivity contribution in [3.63, 3.8) is 0 Å². The second kappa shape index (κ2) is 3.56. The number of rotatable bonds is 3. The first kappa shape index (κ1) is 11.6. The molecule has 0 spiro atoms. The van der Waals surface area contributed by atoms with Crippen LogP contribution in [-0.2, 0) is 4.79 Å². The molecule has 13 heavy (non-hydrogen) atoms. The van der Waals surface area contributed by atoms with Crippen LogP contribution in [0.2, 0.25) is 0 Å². The largest absolute Gasteiger partial charge is 0.417 e. The van der Waals surface area contributed by atoms with Crippen LogP contribution in [-0.4, -0.2) is 12.2 Å². The Morgan fingerprint density at radius 1 is 1.54 bits per heavy atom. The molecule has 1 unspecified atom stereocenters. The Hall–Kier alpha value is -1.38. The molecule has 0 aliphatic carbocycles. The van der Waals surface area contributed by atoms with Crippen molar-refractivity contribution < 1.29 is 22.4 Å². The number of carbonyl (C=O) groups excluding carboxylic acids is 1. The molecule has 0 radical (unpaired) electrons. The summed E-state index contributed by atoms with van der Waals surface area (Å²) in [5.74, 6) is 0. The van der Waals surface area contributed by atoms with E-state index in [1.807, 2.05) is 0 Å². The summed E-state index contributed by atoms with van der Waals surface area (Å²) in [7, 11) is 0. The first-order valence-electron chi connectivity index (χ1n) is 3.10. The van der Waals surface area contributed by atoms with E-state index < -0.39 is 24.0 Å². The van der Waals surface area contributed by atoms with Crippen molar-refractivity contribution >= 4 is 6.04 Å². The Morgan fingerprint density at radius 2 is 2.00 bits per heavy atom. The minimum Gasteiger partial charge on any atom is -0.259 e. The molecule has 0 heterocycles. The Bertz CT molecular complexity index is 265. The molecule has 0 aromatic heterocycles. The van der Waals surface area contributed by atoms with Gasteiger partial charge in [0.25, 0.3) is 0 Å². The van der Waals surface area contributed by atoms with Crippen LogP contribution in [0, 0.1) is 16.7 Å². The molecule has 0 aromatic carbocycles. The minimum atomic E-state index is -5.22. The lowest BCUT2D eigenvalue weighted by Gasteiger charge is -2.22. The van der Waals surface area contributed by atoms with Gasteiger partial charge in [0.15, 0.2) is 0 Å². The van der Waals surface area contributed by atoms with E-state index in [0.29, 0.717) is 12.1 Å². The van der Waals surface area contributed by atoms with E-state index in [2.05, 4.69) is 6.58 Å². The van der Waals surface area contributed by atoms with Crippen molar-refractivity contribution in [3.8, 4) is 6.07 Å². The molecule has 0 fully saturated rings. The maximum atomic E-state index is 12.1. The predicted molar refractivity (Wildman–Crippen MR) is 35.0 cm³/mol. The number of carbonyl (C=O) groups is 1. The standard InChI is InChI=1S/C7H5F4NO/c1-2-3-6(4-12,5(8)13)7(9,10)11/h2H,1,3H2. The quantitative estimate of drug-likeness (QED) is 0.393. The summed E-state index contributed by atoms with van der Waals surface area (Å²) in [4.78, 5) is 10.1. The number of hydrogen-bond acceptors (Lipinski definition) is 2. The lowest BCUT2D eigenvalue weighted by molar-refractivity contribution is -0.209. The molecule has 0 amide bonds. The van der Waals surface area contributed by atoms with Crippen LogP contribution in [0.4, 0.5) is 17.6 Å². The van der Waals surface area contributed by atoms with E-state index in [4.69, 9.17) is 5.26 Å². The first-order valence-corrected chi connectivity index (χ1v) is 3.10. The highest BCUT2D eigenvalue weighted by Gasteiger charge is 2.61. The van der Waals surface area contributed by atoms with Crippen molar-refractivity contribution in [2.45, 2.75) is 12.6 Å². The average Bonchev–Trinajstić information content (AvgIpc) is 1.96. The van der Waals surface area contributed by atoms with Gasteiger partial charge in [0.2, 0.25) is 5.41 Å². The molecule has 0 bridgehead atoms. The van der Waals surface area contributed by atoms with E-state index in [1.165, 1.54) is 0 Å². The van der Waals surface area contributed by atoms with E-state index in [1.54, 1.807) is 0 Å². The summed E-state index contributed by atoms with van der Waals surface area (Å²) in [5.41, 5.74) is -3.59. The monoisotopic (exact) mass is 195 g/mol. The molecule has 0 saturated carbocycles. The summed E-state index contributed by atoms with van der Waals surface area (Å²) in [6.45, 7) is 2.92. The summed E-state index contributed by atoms with van der Waals surface area (Å²) in [5, 5.41) is 8.14. The Morgan fingerprint density at radius 3 is 2.08 bits per heavy atom. The zero-order chi connectivity index (χ0) is 10.7. The van der Waals surface area contributed by atoms with Gasteiger partial charge in [-0.1, -0.05) is 6.08 Å². The van der Waals surface area contributed by atoms with Crippen LogP contribution in [0.1, 0.15) is 6.42 Å². The molecule has 1 atom stereocenters. The third-order valence-electron chi connectivity index (χ3n) is 1.46. The molecular weight excluding hydrogens is 190 g/mol. The number of nitriles is 1. The number of halogens is 4. The van der Waals surface area contributed by atoms with Crippen LogP contribution >= 0.6 is 0 Å². The van der Waals surface area contributed by atoms with Crippen LogP contribution in [0.5, 0.6) is 0 Å². The molecule has 0 aliphatic rings. The lowest BCUT2D eigenvalue weighted by Crippen LogP contribution is -2.41. The zero-order valence-electron chi connectivity index (χ0n) is 6.36. The van der Waals surface area contributed by atoms with Gasteiger partial charge < -0.3 is 0 Å². The van der Waals surface area contributed by atoms with E-state index in [-0.39, 0.29) is 0 Å². The Kier molecular flexibility index (Phi) is 3.18. The SMILES string of the molecule is C=CCC(C#N)(C(=O)F)C(F)(F)F. The maximum Gasteiger partial charge on any atom is 0.417 e. The van der Waals surface area contributed by atoms with Crippen LogP contribution < -0.4 is 0 Å². The second-order valence-electron chi connectivity index (χ2n) is 2.28. The zero-order valence-corrected chi connectivity index (χ0v) is 6.36. The summed E-state index contributed by atoms with van der Waals surface area (Å²) in [6, 6.07) is -2.07. The van der Waals surface area contributed by atoms with Gasteiger partial charge in [-0.2, -0.15) is 22.8 Å². The first-order chi connectivity index (χ1) is 5.81. The van der Waals surface area contributed by atoms with Crippen LogP contribution in [0.3, 0.4) is 0 Å². The third-order valence-corrected chi connectivity index (χ3v) is 1.46. The van der Waals surface area contributed by atoms with E-state index in [0.717, 1.165) is 0 Å². The van der Waals surface area contributed by atoms with Gasteiger partial charge in [0, 0.05) is 6.42 Å². The van der Waals surface area contributed by atoms with Crippen molar-refractivity contribution in [2.75, 3.05) is 0 Å². The second-order valence-corrected chi connectivity index (χ2v) is 2.28. The van der Waals surface area contributed by atoms with Crippen molar-refractivity contribution in [1.29, 1.82) is 5.26 Å². The maximum absolute atomic E-state index is 12.1. The van der Waals surface area contributed by atoms with E-state index >= 15 is 0 Å². The molecule has 72 valence electrons. The molecule has 0 aliphatic heterocycles. The lowest BCUT2D eigenvalue weighted by atomic mass is 9.86. The highest BCUT2D eigenvalue weighted by Crippen LogP contribution is 2.42. The highest BCUT2D eigenvalue weighted by atomic mass is 19.4. The van der Waals surface area contributed by atoms with E-state index in [9.17, 15) is 22.4 Å². The highest BCUT2D eigenvalue weighted by molar-refractivity contribution is 5.80. The van der Waals surface area contributed by atoms with Crippen molar-refractivity contribution in [3.05, 3.63) is 12.7 Å².